The van der Waals surface area contributed by atoms with E-state index >= 15 is 0 Å². The van der Waals surface area contributed by atoms with E-state index in [1.807, 2.05) is 32.0 Å². The Hall–Kier alpha value is -1.70. The fourth-order valence-corrected chi connectivity index (χ4v) is 1.54. The third-order valence-corrected chi connectivity index (χ3v) is 2.25. The number of amidine groups is 1. The van der Waals surface area contributed by atoms with Crippen molar-refractivity contribution in [3.8, 4) is 0 Å². The van der Waals surface area contributed by atoms with Crippen molar-refractivity contribution in [1.29, 1.82) is 0 Å². The molecule has 96 valence electrons. The lowest BCUT2D eigenvalue weighted by molar-refractivity contribution is 0.834. The number of rotatable bonds is 3. The molecule has 2 nitrogen and oxygen atoms in total. The van der Waals surface area contributed by atoms with Gasteiger partial charge < -0.3 is 0 Å². The molecule has 0 unspecified atom stereocenters. The Morgan fingerprint density at radius 3 is 2.17 bits per heavy atom. The van der Waals surface area contributed by atoms with E-state index in [-0.39, 0.29) is 6.04 Å². The normalized spacial score (nSPS) is 12.8. The van der Waals surface area contributed by atoms with Crippen LogP contribution in [0.5, 0.6) is 0 Å². The molecular formula is C16H22N2. The summed E-state index contributed by atoms with van der Waals surface area (Å²) >= 11 is 0. The van der Waals surface area contributed by atoms with Gasteiger partial charge in [0.15, 0.2) is 0 Å². The predicted molar refractivity (Wildman–Crippen MR) is 81.4 cm³/mol. The third kappa shape index (κ3) is 5.09. The highest BCUT2D eigenvalue weighted by Crippen LogP contribution is 2.10. The van der Waals surface area contributed by atoms with Crippen molar-refractivity contribution < 1.29 is 0 Å². The van der Waals surface area contributed by atoms with Crippen molar-refractivity contribution in [2.75, 3.05) is 0 Å². The van der Waals surface area contributed by atoms with Crippen molar-refractivity contribution in [2.45, 2.75) is 40.7 Å². The lowest BCUT2D eigenvalue weighted by Gasteiger charge is -2.05. The van der Waals surface area contributed by atoms with Crippen LogP contribution in [0.2, 0.25) is 0 Å². The van der Waals surface area contributed by atoms with E-state index in [9.17, 15) is 0 Å². The van der Waals surface area contributed by atoms with E-state index in [2.05, 4.69) is 49.0 Å². The van der Waals surface area contributed by atoms with Gasteiger partial charge in [-0.05, 0) is 51.8 Å². The summed E-state index contributed by atoms with van der Waals surface area (Å²) in [7, 11) is 0. The van der Waals surface area contributed by atoms with Gasteiger partial charge in [-0.25, -0.2) is 4.99 Å². The first-order chi connectivity index (χ1) is 8.49. The van der Waals surface area contributed by atoms with Crippen LogP contribution >= 0.6 is 0 Å². The van der Waals surface area contributed by atoms with E-state index in [0.717, 1.165) is 17.1 Å². The predicted octanol–water partition coefficient (Wildman–Crippen LogP) is 4.38. The maximum absolute atomic E-state index is 4.57. The monoisotopic (exact) mass is 242 g/mol. The average molecular weight is 242 g/mol. The zero-order valence-electron chi connectivity index (χ0n) is 11.9. The fraction of sp³-hybridized carbons (Fsp3) is 0.375. The fourth-order valence-electron chi connectivity index (χ4n) is 1.54. The summed E-state index contributed by atoms with van der Waals surface area (Å²) in [6.45, 7) is 10.2. The average Bonchev–Trinajstić information content (AvgIpc) is 2.28. The highest BCUT2D eigenvalue weighted by Gasteiger charge is 2.02. The van der Waals surface area contributed by atoms with Gasteiger partial charge in [-0.1, -0.05) is 30.3 Å². The van der Waals surface area contributed by atoms with E-state index in [1.54, 1.807) is 0 Å². The van der Waals surface area contributed by atoms with Gasteiger partial charge >= 0.3 is 0 Å². The van der Waals surface area contributed by atoms with Gasteiger partial charge in [0, 0.05) is 11.8 Å². The minimum Gasteiger partial charge on any atom is -0.264 e. The van der Waals surface area contributed by atoms with Crippen LogP contribution in [0.1, 0.15) is 40.2 Å². The van der Waals surface area contributed by atoms with E-state index < -0.39 is 0 Å². The SMILES string of the molecule is CC(C)=NC(=NC(C)C)/C(C)=C/c1ccccc1. The minimum atomic E-state index is 0.252. The summed E-state index contributed by atoms with van der Waals surface area (Å²) in [5, 5.41) is 0. The van der Waals surface area contributed by atoms with Crippen LogP contribution in [0.15, 0.2) is 45.9 Å². The number of aliphatic imine (C=N–C) groups is 2. The maximum Gasteiger partial charge on any atom is 0.150 e. The Bertz CT molecular complexity index is 461. The molecule has 18 heavy (non-hydrogen) atoms. The van der Waals surface area contributed by atoms with E-state index in [4.69, 9.17) is 0 Å². The topological polar surface area (TPSA) is 24.7 Å². The minimum absolute atomic E-state index is 0.252. The largest absolute Gasteiger partial charge is 0.264 e. The van der Waals surface area contributed by atoms with Crippen LogP contribution in [0.4, 0.5) is 0 Å². The lowest BCUT2D eigenvalue weighted by atomic mass is 10.1. The first-order valence-corrected chi connectivity index (χ1v) is 6.32. The molecule has 0 aliphatic heterocycles. The summed E-state index contributed by atoms with van der Waals surface area (Å²) in [6, 6.07) is 10.5. The van der Waals surface area contributed by atoms with Gasteiger partial charge in [0.25, 0.3) is 0 Å². The lowest BCUT2D eigenvalue weighted by Crippen LogP contribution is -2.04. The van der Waals surface area contributed by atoms with Crippen molar-refractivity contribution in [3.05, 3.63) is 41.5 Å². The molecule has 0 bridgehead atoms. The number of benzene rings is 1. The molecule has 1 aromatic rings. The zero-order chi connectivity index (χ0) is 13.5. The Balaban J connectivity index is 3.07. The molecule has 0 atom stereocenters. The van der Waals surface area contributed by atoms with Gasteiger partial charge in [0.1, 0.15) is 5.84 Å². The molecule has 1 aromatic carbocycles. The highest BCUT2D eigenvalue weighted by molar-refractivity contribution is 6.07. The summed E-state index contributed by atoms with van der Waals surface area (Å²) < 4.78 is 0. The van der Waals surface area contributed by atoms with Crippen LogP contribution in [-0.4, -0.2) is 17.6 Å². The Morgan fingerprint density at radius 1 is 1.06 bits per heavy atom. The van der Waals surface area contributed by atoms with Crippen molar-refractivity contribution in [2.24, 2.45) is 9.98 Å². The quantitative estimate of drug-likeness (QED) is 0.555. The summed E-state index contributed by atoms with van der Waals surface area (Å²) in [4.78, 5) is 9.09. The van der Waals surface area contributed by atoms with Crippen molar-refractivity contribution in [3.63, 3.8) is 0 Å². The molecule has 0 amide bonds. The van der Waals surface area contributed by atoms with Crippen LogP contribution in [0.25, 0.3) is 6.08 Å². The molecule has 0 spiro atoms. The van der Waals surface area contributed by atoms with Crippen LogP contribution in [0, 0.1) is 0 Å². The Kier molecular flexibility index (Phi) is 5.50. The Labute approximate surface area is 110 Å². The van der Waals surface area contributed by atoms with Crippen molar-refractivity contribution >= 4 is 17.6 Å². The van der Waals surface area contributed by atoms with Gasteiger partial charge in [-0.2, -0.15) is 0 Å². The van der Waals surface area contributed by atoms with Gasteiger partial charge in [-0.15, -0.1) is 0 Å². The third-order valence-electron chi connectivity index (χ3n) is 2.25. The number of nitrogens with zero attached hydrogens (tertiary/aromatic N) is 2. The highest BCUT2D eigenvalue weighted by atomic mass is 14.9. The van der Waals surface area contributed by atoms with Crippen LogP contribution < -0.4 is 0 Å². The summed E-state index contributed by atoms with van der Waals surface area (Å²) in [6.07, 6.45) is 2.12. The van der Waals surface area contributed by atoms with Crippen molar-refractivity contribution in [1.82, 2.24) is 0 Å². The Morgan fingerprint density at radius 2 is 1.67 bits per heavy atom. The van der Waals surface area contributed by atoms with Gasteiger partial charge in [0.2, 0.25) is 0 Å². The molecular weight excluding hydrogens is 220 g/mol. The zero-order valence-corrected chi connectivity index (χ0v) is 11.9. The molecule has 0 aromatic heterocycles. The molecule has 0 aliphatic rings. The molecule has 0 aliphatic carbocycles. The summed E-state index contributed by atoms with van der Waals surface area (Å²) in [5.41, 5.74) is 3.29. The molecule has 0 saturated carbocycles. The van der Waals surface area contributed by atoms with Crippen LogP contribution in [-0.2, 0) is 0 Å². The molecule has 0 fully saturated rings. The second kappa shape index (κ2) is 6.90. The molecule has 0 radical (unpaired) electrons. The molecule has 1 rings (SSSR count). The van der Waals surface area contributed by atoms with Gasteiger partial charge in [-0.3, -0.25) is 4.99 Å². The molecule has 0 N–H and O–H groups in total. The second-order valence-electron chi connectivity index (χ2n) is 4.84. The number of hydrogen-bond acceptors (Lipinski definition) is 1. The summed E-state index contributed by atoms with van der Waals surface area (Å²) in [5.74, 6) is 0.828. The smallest absolute Gasteiger partial charge is 0.150 e. The second-order valence-corrected chi connectivity index (χ2v) is 4.84. The first kappa shape index (κ1) is 14.4. The molecule has 0 heterocycles. The van der Waals surface area contributed by atoms with Gasteiger partial charge in [0.05, 0.1) is 0 Å². The molecule has 2 heteroatoms. The first-order valence-electron chi connectivity index (χ1n) is 6.32. The van der Waals surface area contributed by atoms with Crippen LogP contribution in [0.3, 0.4) is 0 Å². The van der Waals surface area contributed by atoms with E-state index in [0.29, 0.717) is 0 Å². The molecule has 0 saturated heterocycles. The maximum atomic E-state index is 4.57. The standard InChI is InChI=1S/C16H22N2/c1-12(2)17-16(18-13(3)4)14(5)11-15-9-7-6-8-10-15/h6-12H,1-5H3/b14-11+,17-16?. The number of hydrogen-bond donors (Lipinski definition) is 0. The van der Waals surface area contributed by atoms with E-state index in [1.165, 1.54) is 5.56 Å².